The lowest BCUT2D eigenvalue weighted by molar-refractivity contribution is 0.407. The summed E-state index contributed by atoms with van der Waals surface area (Å²) in [7, 11) is 3.60. The minimum atomic E-state index is 0.747. The largest absolute Gasteiger partial charge is 0.496 e. The Balaban J connectivity index is 1.95. The SMILES string of the molecule is COc1ccc(Br)cc1CNCc1ccn(C)n1. The number of aryl methyl sites for hydroxylation is 1. The monoisotopic (exact) mass is 309 g/mol. The maximum absolute atomic E-state index is 5.33. The van der Waals surface area contributed by atoms with Gasteiger partial charge in [-0.3, -0.25) is 4.68 Å². The molecule has 0 radical (unpaired) electrons. The molecule has 0 atom stereocenters. The lowest BCUT2D eigenvalue weighted by atomic mass is 10.2. The van der Waals surface area contributed by atoms with Crippen molar-refractivity contribution >= 4 is 15.9 Å². The Kier molecular flexibility index (Phi) is 4.38. The predicted molar refractivity (Wildman–Crippen MR) is 74.4 cm³/mol. The van der Waals surface area contributed by atoms with Crippen LogP contribution < -0.4 is 10.1 Å². The van der Waals surface area contributed by atoms with Gasteiger partial charge in [0, 0.05) is 36.4 Å². The molecule has 0 aliphatic heterocycles. The maximum atomic E-state index is 5.33. The smallest absolute Gasteiger partial charge is 0.123 e. The summed E-state index contributed by atoms with van der Waals surface area (Å²) in [4.78, 5) is 0. The third-order valence-corrected chi connectivity index (χ3v) is 3.13. The van der Waals surface area contributed by atoms with E-state index >= 15 is 0 Å². The molecule has 0 saturated carbocycles. The predicted octanol–water partition coefficient (Wildman–Crippen LogP) is 2.48. The Morgan fingerprint density at radius 3 is 2.83 bits per heavy atom. The summed E-state index contributed by atoms with van der Waals surface area (Å²) in [5, 5.41) is 7.67. The molecule has 2 rings (SSSR count). The number of nitrogens with zero attached hydrogens (tertiary/aromatic N) is 2. The average Bonchev–Trinajstić information content (AvgIpc) is 2.75. The van der Waals surface area contributed by atoms with Gasteiger partial charge in [0.25, 0.3) is 0 Å². The van der Waals surface area contributed by atoms with Crippen molar-refractivity contribution in [3.8, 4) is 5.75 Å². The molecule has 18 heavy (non-hydrogen) atoms. The molecule has 0 saturated heterocycles. The second-order valence-electron chi connectivity index (χ2n) is 4.04. The molecule has 2 aromatic rings. The van der Waals surface area contributed by atoms with Crippen molar-refractivity contribution < 1.29 is 4.74 Å². The number of methoxy groups -OCH3 is 1. The molecule has 1 aromatic heterocycles. The second-order valence-corrected chi connectivity index (χ2v) is 4.96. The van der Waals surface area contributed by atoms with E-state index in [1.807, 2.05) is 31.4 Å². The van der Waals surface area contributed by atoms with Gasteiger partial charge < -0.3 is 10.1 Å². The van der Waals surface area contributed by atoms with Crippen LogP contribution in [-0.4, -0.2) is 16.9 Å². The Morgan fingerprint density at radius 1 is 1.33 bits per heavy atom. The van der Waals surface area contributed by atoms with Gasteiger partial charge in [-0.15, -0.1) is 0 Å². The van der Waals surface area contributed by atoms with Crippen LogP contribution in [-0.2, 0) is 20.1 Å². The molecule has 5 heteroatoms. The van der Waals surface area contributed by atoms with Crippen LogP contribution in [0.2, 0.25) is 0 Å². The van der Waals surface area contributed by atoms with Gasteiger partial charge >= 0.3 is 0 Å². The van der Waals surface area contributed by atoms with Crippen molar-refractivity contribution in [3.63, 3.8) is 0 Å². The minimum absolute atomic E-state index is 0.747. The van der Waals surface area contributed by atoms with E-state index in [2.05, 4.69) is 32.4 Å². The number of halogens is 1. The van der Waals surface area contributed by atoms with Crippen LogP contribution >= 0.6 is 15.9 Å². The van der Waals surface area contributed by atoms with Crippen molar-refractivity contribution in [1.82, 2.24) is 15.1 Å². The van der Waals surface area contributed by atoms with E-state index in [1.54, 1.807) is 11.8 Å². The van der Waals surface area contributed by atoms with Crippen LogP contribution in [0.15, 0.2) is 34.9 Å². The zero-order chi connectivity index (χ0) is 13.0. The van der Waals surface area contributed by atoms with Gasteiger partial charge in [0.05, 0.1) is 12.8 Å². The minimum Gasteiger partial charge on any atom is -0.496 e. The molecular weight excluding hydrogens is 294 g/mol. The van der Waals surface area contributed by atoms with Gasteiger partial charge in [0.1, 0.15) is 5.75 Å². The van der Waals surface area contributed by atoms with Crippen LogP contribution in [0.4, 0.5) is 0 Å². The van der Waals surface area contributed by atoms with Gasteiger partial charge in [-0.2, -0.15) is 5.10 Å². The van der Waals surface area contributed by atoms with Crippen LogP contribution in [0.1, 0.15) is 11.3 Å². The van der Waals surface area contributed by atoms with E-state index in [9.17, 15) is 0 Å². The molecular formula is C13H16BrN3O. The van der Waals surface area contributed by atoms with Gasteiger partial charge in [0.15, 0.2) is 0 Å². The molecule has 0 aliphatic carbocycles. The van der Waals surface area contributed by atoms with Crippen molar-refractivity contribution in [2.75, 3.05) is 7.11 Å². The van der Waals surface area contributed by atoms with E-state index in [-0.39, 0.29) is 0 Å². The van der Waals surface area contributed by atoms with Gasteiger partial charge in [-0.1, -0.05) is 15.9 Å². The third-order valence-electron chi connectivity index (χ3n) is 2.63. The highest BCUT2D eigenvalue weighted by molar-refractivity contribution is 9.10. The molecule has 0 fully saturated rings. The first-order valence-electron chi connectivity index (χ1n) is 5.70. The number of nitrogens with one attached hydrogen (secondary N) is 1. The van der Waals surface area contributed by atoms with Crippen LogP contribution in [0.25, 0.3) is 0 Å². The summed E-state index contributed by atoms with van der Waals surface area (Å²) < 4.78 is 8.18. The van der Waals surface area contributed by atoms with Crippen LogP contribution in [0.3, 0.4) is 0 Å². The Morgan fingerprint density at radius 2 is 2.17 bits per heavy atom. The standard InChI is InChI=1S/C13H16BrN3O/c1-17-6-5-12(16-17)9-15-8-10-7-11(14)3-4-13(10)18-2/h3-7,15H,8-9H2,1-2H3. The summed E-state index contributed by atoms with van der Waals surface area (Å²) >= 11 is 3.47. The van der Waals surface area contributed by atoms with Gasteiger partial charge in [-0.25, -0.2) is 0 Å². The summed E-state index contributed by atoms with van der Waals surface area (Å²) in [5.74, 6) is 0.895. The van der Waals surface area contributed by atoms with Crippen LogP contribution in [0.5, 0.6) is 5.75 Å². The zero-order valence-electron chi connectivity index (χ0n) is 10.5. The van der Waals surface area contributed by atoms with E-state index in [4.69, 9.17) is 4.74 Å². The van der Waals surface area contributed by atoms with E-state index < -0.39 is 0 Å². The fourth-order valence-corrected chi connectivity index (χ4v) is 2.18. The number of aromatic nitrogens is 2. The molecule has 1 heterocycles. The van der Waals surface area contributed by atoms with E-state index in [0.717, 1.165) is 34.6 Å². The summed E-state index contributed by atoms with van der Waals surface area (Å²) in [6.45, 7) is 1.50. The van der Waals surface area contributed by atoms with E-state index in [1.165, 1.54) is 0 Å². The third kappa shape index (κ3) is 3.34. The molecule has 0 aliphatic rings. The number of hydrogen-bond acceptors (Lipinski definition) is 3. The van der Waals surface area contributed by atoms with Crippen molar-refractivity contribution in [3.05, 3.63) is 46.2 Å². The lowest BCUT2D eigenvalue weighted by Crippen LogP contribution is -2.14. The van der Waals surface area contributed by atoms with Gasteiger partial charge in [0.2, 0.25) is 0 Å². The molecule has 1 N–H and O–H groups in total. The number of rotatable bonds is 5. The topological polar surface area (TPSA) is 39.1 Å². The summed E-state index contributed by atoms with van der Waals surface area (Å²) in [5.41, 5.74) is 2.16. The maximum Gasteiger partial charge on any atom is 0.123 e. The summed E-state index contributed by atoms with van der Waals surface area (Å²) in [6.07, 6.45) is 1.94. The highest BCUT2D eigenvalue weighted by atomic mass is 79.9. The Labute approximate surface area is 115 Å². The first-order chi connectivity index (χ1) is 8.69. The quantitative estimate of drug-likeness (QED) is 0.922. The van der Waals surface area contributed by atoms with Crippen molar-refractivity contribution in [2.24, 2.45) is 7.05 Å². The first-order valence-corrected chi connectivity index (χ1v) is 6.50. The van der Waals surface area contributed by atoms with E-state index in [0.29, 0.717) is 0 Å². The Hall–Kier alpha value is -1.33. The average molecular weight is 310 g/mol. The second kappa shape index (κ2) is 6.02. The van der Waals surface area contributed by atoms with Crippen LogP contribution in [0, 0.1) is 0 Å². The Bertz CT molecular complexity index is 525. The van der Waals surface area contributed by atoms with Crippen molar-refractivity contribution in [2.45, 2.75) is 13.1 Å². The van der Waals surface area contributed by atoms with Gasteiger partial charge in [-0.05, 0) is 24.3 Å². The summed E-state index contributed by atoms with van der Waals surface area (Å²) in [6, 6.07) is 8.00. The molecule has 96 valence electrons. The highest BCUT2D eigenvalue weighted by Gasteiger charge is 2.04. The fraction of sp³-hybridized carbons (Fsp3) is 0.308. The highest BCUT2D eigenvalue weighted by Crippen LogP contribution is 2.22. The molecule has 0 amide bonds. The number of ether oxygens (including phenoxy) is 1. The molecule has 4 nitrogen and oxygen atoms in total. The zero-order valence-corrected chi connectivity index (χ0v) is 12.1. The normalized spacial score (nSPS) is 10.6. The first kappa shape index (κ1) is 13.1. The molecule has 1 aromatic carbocycles. The molecule has 0 spiro atoms. The molecule has 0 bridgehead atoms. The molecule has 0 unspecified atom stereocenters. The fourth-order valence-electron chi connectivity index (χ4n) is 1.77. The lowest BCUT2D eigenvalue weighted by Gasteiger charge is -2.09. The van der Waals surface area contributed by atoms with Crippen molar-refractivity contribution in [1.29, 1.82) is 0 Å². The number of hydrogen-bond donors (Lipinski definition) is 1. The number of benzene rings is 1.